The van der Waals surface area contributed by atoms with Crippen molar-refractivity contribution in [1.29, 1.82) is 0 Å². The highest BCUT2D eigenvalue weighted by Crippen LogP contribution is 2.25. The van der Waals surface area contributed by atoms with Gasteiger partial charge in [-0.15, -0.1) is 11.8 Å². The third-order valence-corrected chi connectivity index (χ3v) is 2.64. The van der Waals surface area contributed by atoms with Gasteiger partial charge in [0.05, 0.1) is 5.02 Å². The summed E-state index contributed by atoms with van der Waals surface area (Å²) in [6.45, 7) is 1.72. The zero-order chi connectivity index (χ0) is 12.8. The van der Waals surface area contributed by atoms with Crippen molar-refractivity contribution in [3.63, 3.8) is 0 Å². The summed E-state index contributed by atoms with van der Waals surface area (Å²) in [4.78, 5) is 0. The predicted molar refractivity (Wildman–Crippen MR) is 64.1 cm³/mol. The largest absolute Gasteiger partial charge is 0.271 e. The average molecular weight is 259 g/mol. The van der Waals surface area contributed by atoms with Gasteiger partial charge in [-0.05, 0) is 25.5 Å². The van der Waals surface area contributed by atoms with Crippen LogP contribution in [0.4, 0.5) is 8.78 Å². The van der Waals surface area contributed by atoms with E-state index in [0.29, 0.717) is 12.8 Å². The van der Waals surface area contributed by atoms with Crippen LogP contribution in [-0.2, 0) is 0 Å². The van der Waals surface area contributed by atoms with Crippen molar-refractivity contribution >= 4 is 11.6 Å². The molecule has 0 saturated carbocycles. The highest BCUT2D eigenvalue weighted by molar-refractivity contribution is 6.30. The smallest absolute Gasteiger partial charge is 0.142 e. The Morgan fingerprint density at radius 2 is 2.12 bits per heavy atom. The maximum Gasteiger partial charge on any atom is 0.142 e. The molecule has 1 unspecified atom stereocenters. The molecule has 5 heteroatoms. The maximum atomic E-state index is 13.6. The summed E-state index contributed by atoms with van der Waals surface area (Å²) in [5.41, 5.74) is 2.61. The van der Waals surface area contributed by atoms with E-state index in [-0.39, 0.29) is 10.6 Å². The first-order valence-electron chi connectivity index (χ1n) is 5.10. The van der Waals surface area contributed by atoms with Crippen LogP contribution in [-0.4, -0.2) is 0 Å². The molecule has 0 bridgehead atoms. The predicted octanol–water partition coefficient (Wildman–Crippen LogP) is 2.93. The van der Waals surface area contributed by atoms with Gasteiger partial charge in [0, 0.05) is 18.0 Å². The molecule has 3 N–H and O–H groups in total. The molecule has 0 amide bonds. The second kappa shape index (κ2) is 6.55. The number of nitrogens with one attached hydrogen (secondary N) is 1. The van der Waals surface area contributed by atoms with Crippen molar-refractivity contribution in [2.45, 2.75) is 25.8 Å². The number of nitrogens with two attached hydrogens (primary N) is 1. The number of hydrogen-bond acceptors (Lipinski definition) is 2. The lowest BCUT2D eigenvalue weighted by Crippen LogP contribution is -2.28. The number of rotatable bonds is 4. The average Bonchev–Trinajstić information content (AvgIpc) is 2.30. The highest BCUT2D eigenvalue weighted by Gasteiger charge is 2.16. The van der Waals surface area contributed by atoms with Gasteiger partial charge in [-0.1, -0.05) is 11.6 Å². The minimum absolute atomic E-state index is 0.160. The summed E-state index contributed by atoms with van der Waals surface area (Å²) in [5, 5.41) is -0.240. The quantitative estimate of drug-likeness (QED) is 0.377. The van der Waals surface area contributed by atoms with Crippen molar-refractivity contribution in [1.82, 2.24) is 5.43 Å². The molecule has 1 aromatic rings. The molecule has 0 saturated heterocycles. The Balaban J connectivity index is 2.93. The molecular formula is C12H13ClF2N2. The number of hydrazine groups is 1. The van der Waals surface area contributed by atoms with E-state index in [2.05, 4.69) is 17.3 Å². The Bertz CT molecular complexity index is 452. The molecular weight excluding hydrogens is 246 g/mol. The van der Waals surface area contributed by atoms with Crippen molar-refractivity contribution < 1.29 is 8.78 Å². The standard InChI is InChI=1S/C12H13ClF2N2/c1-2-3-4-5-12(17-16)8-6-11(15)9(13)7-10(8)14/h6-7,12,17H,4-5,16H2,1H3. The minimum Gasteiger partial charge on any atom is -0.271 e. The van der Waals surface area contributed by atoms with Gasteiger partial charge >= 0.3 is 0 Å². The number of hydrogen-bond donors (Lipinski definition) is 2. The zero-order valence-electron chi connectivity index (χ0n) is 9.36. The molecule has 0 aliphatic carbocycles. The van der Waals surface area contributed by atoms with Gasteiger partial charge in [-0.2, -0.15) is 0 Å². The lowest BCUT2D eigenvalue weighted by atomic mass is 10.0. The Labute approximate surface area is 104 Å². The number of benzene rings is 1. The monoisotopic (exact) mass is 258 g/mol. The van der Waals surface area contributed by atoms with Crippen molar-refractivity contribution in [2.75, 3.05) is 0 Å². The van der Waals surface area contributed by atoms with E-state index in [9.17, 15) is 8.78 Å². The van der Waals surface area contributed by atoms with Gasteiger partial charge in [0.25, 0.3) is 0 Å². The van der Waals surface area contributed by atoms with Gasteiger partial charge in [-0.25, -0.2) is 8.78 Å². The topological polar surface area (TPSA) is 38.0 Å². The summed E-state index contributed by atoms with van der Waals surface area (Å²) in [7, 11) is 0. The minimum atomic E-state index is -0.662. The fourth-order valence-corrected chi connectivity index (χ4v) is 1.63. The van der Waals surface area contributed by atoms with Crippen LogP contribution in [0, 0.1) is 23.5 Å². The molecule has 0 aliphatic heterocycles. The summed E-state index contributed by atoms with van der Waals surface area (Å²) < 4.78 is 26.8. The van der Waals surface area contributed by atoms with E-state index >= 15 is 0 Å². The highest BCUT2D eigenvalue weighted by atomic mass is 35.5. The molecule has 1 atom stereocenters. The molecule has 0 spiro atoms. The SMILES string of the molecule is CC#CCCC(NN)c1cc(F)c(Cl)cc1F. The third kappa shape index (κ3) is 3.67. The molecule has 2 nitrogen and oxygen atoms in total. The van der Waals surface area contributed by atoms with Crippen LogP contribution >= 0.6 is 11.6 Å². The van der Waals surface area contributed by atoms with Crippen molar-refractivity contribution in [2.24, 2.45) is 5.84 Å². The summed E-state index contributed by atoms with van der Waals surface area (Å²) in [6.07, 6.45) is 1.05. The van der Waals surface area contributed by atoms with Gasteiger partial charge in [0.1, 0.15) is 11.6 Å². The first kappa shape index (κ1) is 13.9. The van der Waals surface area contributed by atoms with Gasteiger partial charge in [0.15, 0.2) is 0 Å². The normalized spacial score (nSPS) is 11.8. The van der Waals surface area contributed by atoms with Crippen LogP contribution in [0.15, 0.2) is 12.1 Å². The second-order valence-corrected chi connectivity index (χ2v) is 3.88. The Morgan fingerprint density at radius 3 is 2.71 bits per heavy atom. The first-order valence-corrected chi connectivity index (χ1v) is 5.48. The number of halogens is 3. The Kier molecular flexibility index (Phi) is 5.36. The van der Waals surface area contributed by atoms with Gasteiger partial charge in [-0.3, -0.25) is 11.3 Å². The molecule has 0 heterocycles. The molecule has 17 heavy (non-hydrogen) atoms. The fraction of sp³-hybridized carbons (Fsp3) is 0.333. The van der Waals surface area contributed by atoms with Crippen molar-refractivity contribution in [3.05, 3.63) is 34.4 Å². The van der Waals surface area contributed by atoms with E-state index in [4.69, 9.17) is 17.4 Å². The van der Waals surface area contributed by atoms with Crippen LogP contribution in [0.25, 0.3) is 0 Å². The lowest BCUT2D eigenvalue weighted by Gasteiger charge is -2.16. The molecule has 0 aliphatic rings. The van der Waals surface area contributed by atoms with Crippen LogP contribution < -0.4 is 11.3 Å². The van der Waals surface area contributed by atoms with Crippen LogP contribution in [0.5, 0.6) is 0 Å². The van der Waals surface area contributed by atoms with E-state index < -0.39 is 17.7 Å². The molecule has 0 aromatic heterocycles. The second-order valence-electron chi connectivity index (χ2n) is 3.47. The van der Waals surface area contributed by atoms with Crippen molar-refractivity contribution in [3.8, 4) is 11.8 Å². The van der Waals surface area contributed by atoms with E-state index in [1.54, 1.807) is 6.92 Å². The molecule has 0 radical (unpaired) electrons. The fourth-order valence-electron chi connectivity index (χ4n) is 1.48. The Hall–Kier alpha value is -1.15. The van der Waals surface area contributed by atoms with Crippen LogP contribution in [0.2, 0.25) is 5.02 Å². The lowest BCUT2D eigenvalue weighted by molar-refractivity contribution is 0.484. The molecule has 92 valence electrons. The molecule has 1 aromatic carbocycles. The summed E-state index contributed by atoms with van der Waals surface area (Å²) in [5.74, 6) is 9.65. The first-order chi connectivity index (χ1) is 8.10. The summed E-state index contributed by atoms with van der Waals surface area (Å²) in [6, 6.07) is 1.52. The molecule has 1 rings (SSSR count). The van der Waals surface area contributed by atoms with Gasteiger partial charge < -0.3 is 0 Å². The van der Waals surface area contributed by atoms with Gasteiger partial charge in [0.2, 0.25) is 0 Å². The van der Waals surface area contributed by atoms with E-state index in [1.165, 1.54) is 0 Å². The van der Waals surface area contributed by atoms with Crippen LogP contribution in [0.3, 0.4) is 0 Å². The van der Waals surface area contributed by atoms with E-state index in [0.717, 1.165) is 12.1 Å². The maximum absolute atomic E-state index is 13.6. The summed E-state index contributed by atoms with van der Waals surface area (Å²) >= 11 is 5.47. The van der Waals surface area contributed by atoms with E-state index in [1.807, 2.05) is 0 Å². The zero-order valence-corrected chi connectivity index (χ0v) is 10.1. The molecule has 0 fully saturated rings. The third-order valence-electron chi connectivity index (χ3n) is 2.35. The van der Waals surface area contributed by atoms with Crippen LogP contribution in [0.1, 0.15) is 31.4 Å². The Morgan fingerprint density at radius 1 is 1.41 bits per heavy atom.